The Morgan fingerprint density at radius 1 is 0.920 bits per heavy atom. The molecule has 0 N–H and O–H groups in total. The van der Waals surface area contributed by atoms with Gasteiger partial charge in [0.1, 0.15) is 5.76 Å². The molecule has 50 heavy (non-hydrogen) atoms. The number of nitrogens with zero attached hydrogens (tertiary/aromatic N) is 5. The number of furan rings is 1. The number of benzene rings is 3. The zero-order chi connectivity index (χ0) is 35.2. The number of hydrogen-bond donors (Lipinski definition) is 0. The summed E-state index contributed by atoms with van der Waals surface area (Å²) < 4.78 is 52.7. The standard InChI is InChI=1S/C38H43F2N5O5/c1-42(37(46)28-22-34(47-2)36(49-4)35(23-28)48-3)24-27(26-12-13-30(39)31(40)21-26)14-17-43-15-8-16-44(19-18-43)38-41-32-10-5-6-11-33(32)45(38)25-29-9-7-20-50-29/h5-7,9-13,20-23,27H,8,14-19,24-25H2,1-4H3. The van der Waals surface area contributed by atoms with E-state index in [0.29, 0.717) is 47.9 Å². The summed E-state index contributed by atoms with van der Waals surface area (Å²) in [7, 11) is 6.19. The molecule has 2 aromatic heterocycles. The van der Waals surface area contributed by atoms with Gasteiger partial charge in [0.2, 0.25) is 11.7 Å². The number of rotatable bonds is 13. The summed E-state index contributed by atoms with van der Waals surface area (Å²) in [5, 5.41) is 0. The minimum Gasteiger partial charge on any atom is -0.493 e. The van der Waals surface area contributed by atoms with Crippen LogP contribution in [0.1, 0.15) is 40.4 Å². The number of imidazole rings is 1. The van der Waals surface area contributed by atoms with Gasteiger partial charge in [0.05, 0.1) is 45.2 Å². The van der Waals surface area contributed by atoms with Crippen molar-refractivity contribution in [3.63, 3.8) is 0 Å². The fourth-order valence-electron chi connectivity index (χ4n) is 6.72. The second kappa shape index (κ2) is 15.6. The van der Waals surface area contributed by atoms with Gasteiger partial charge in [-0.3, -0.25) is 4.79 Å². The molecule has 0 saturated carbocycles. The van der Waals surface area contributed by atoms with Crippen LogP contribution in [0.4, 0.5) is 14.7 Å². The third kappa shape index (κ3) is 7.55. The fourth-order valence-corrected chi connectivity index (χ4v) is 6.72. The lowest BCUT2D eigenvalue weighted by atomic mass is 9.94. The average Bonchev–Trinajstić information content (AvgIpc) is 3.72. The van der Waals surface area contributed by atoms with E-state index in [0.717, 1.165) is 61.4 Å². The molecule has 6 rings (SSSR count). The number of ether oxygens (including phenoxy) is 3. The second-order valence-corrected chi connectivity index (χ2v) is 12.5. The Hall–Kier alpha value is -5.10. The molecule has 3 aromatic carbocycles. The molecular formula is C38H43F2N5O5. The van der Waals surface area contributed by atoms with Crippen LogP contribution in [-0.2, 0) is 6.54 Å². The average molecular weight is 688 g/mol. The largest absolute Gasteiger partial charge is 0.493 e. The number of hydrogen-bond acceptors (Lipinski definition) is 8. The molecule has 0 spiro atoms. The van der Waals surface area contributed by atoms with Gasteiger partial charge in [0.25, 0.3) is 5.91 Å². The molecular weight excluding hydrogens is 644 g/mol. The van der Waals surface area contributed by atoms with Gasteiger partial charge in [-0.25, -0.2) is 13.8 Å². The Labute approximate surface area is 290 Å². The van der Waals surface area contributed by atoms with Crippen molar-refractivity contribution in [2.24, 2.45) is 0 Å². The van der Waals surface area contributed by atoms with E-state index in [-0.39, 0.29) is 18.4 Å². The Morgan fingerprint density at radius 2 is 1.70 bits per heavy atom. The number of para-hydroxylation sites is 2. The third-order valence-electron chi connectivity index (χ3n) is 9.36. The van der Waals surface area contributed by atoms with Crippen LogP contribution in [0.15, 0.2) is 77.4 Å². The van der Waals surface area contributed by atoms with Gasteiger partial charge >= 0.3 is 0 Å². The summed E-state index contributed by atoms with van der Waals surface area (Å²) in [6.07, 6.45) is 3.25. The maximum Gasteiger partial charge on any atom is 0.253 e. The lowest BCUT2D eigenvalue weighted by molar-refractivity contribution is 0.0782. The predicted octanol–water partition coefficient (Wildman–Crippen LogP) is 6.44. The number of aromatic nitrogens is 2. The van der Waals surface area contributed by atoms with E-state index in [4.69, 9.17) is 23.6 Å². The highest BCUT2D eigenvalue weighted by atomic mass is 19.2. The summed E-state index contributed by atoms with van der Waals surface area (Å²) in [6, 6.07) is 19.2. The highest BCUT2D eigenvalue weighted by Crippen LogP contribution is 2.38. The smallest absolute Gasteiger partial charge is 0.253 e. The van der Waals surface area contributed by atoms with Crippen LogP contribution in [0.5, 0.6) is 17.2 Å². The van der Waals surface area contributed by atoms with Crippen molar-refractivity contribution in [3.8, 4) is 17.2 Å². The van der Waals surface area contributed by atoms with E-state index in [9.17, 15) is 13.6 Å². The normalized spacial score (nSPS) is 14.4. The molecule has 1 amide bonds. The molecule has 0 aliphatic carbocycles. The lowest BCUT2D eigenvalue weighted by Crippen LogP contribution is -2.35. The van der Waals surface area contributed by atoms with Crippen molar-refractivity contribution in [2.45, 2.75) is 25.3 Å². The van der Waals surface area contributed by atoms with E-state index in [1.165, 1.54) is 27.4 Å². The van der Waals surface area contributed by atoms with Gasteiger partial charge in [0, 0.05) is 44.7 Å². The first-order valence-corrected chi connectivity index (χ1v) is 16.7. The molecule has 3 heterocycles. The summed E-state index contributed by atoms with van der Waals surface area (Å²) >= 11 is 0. The van der Waals surface area contributed by atoms with Crippen LogP contribution in [0, 0.1) is 11.6 Å². The summed E-state index contributed by atoms with van der Waals surface area (Å²) in [4.78, 5) is 25.0. The predicted molar refractivity (Wildman–Crippen MR) is 188 cm³/mol. The molecule has 1 atom stereocenters. The molecule has 1 saturated heterocycles. The number of halogens is 2. The minimum absolute atomic E-state index is 0.252. The topological polar surface area (TPSA) is 85.4 Å². The highest BCUT2D eigenvalue weighted by molar-refractivity contribution is 5.95. The van der Waals surface area contributed by atoms with E-state index in [1.54, 1.807) is 36.4 Å². The second-order valence-electron chi connectivity index (χ2n) is 12.5. The van der Waals surface area contributed by atoms with Crippen LogP contribution < -0.4 is 19.1 Å². The summed E-state index contributed by atoms with van der Waals surface area (Å²) in [5.41, 5.74) is 2.99. The SMILES string of the molecule is COc1cc(C(=O)N(C)CC(CCN2CCCN(c3nc4ccccc4n3Cc3ccco3)CC2)c2ccc(F)c(F)c2)cc(OC)c1OC. The molecule has 0 bridgehead atoms. The van der Waals surface area contributed by atoms with E-state index in [1.807, 2.05) is 30.3 Å². The number of carbonyl (C=O) groups excluding carboxylic acids is 1. The first kappa shape index (κ1) is 34.8. The van der Waals surface area contributed by atoms with E-state index >= 15 is 0 Å². The van der Waals surface area contributed by atoms with Crippen molar-refractivity contribution < 1.29 is 32.2 Å². The Kier molecular flexibility index (Phi) is 10.9. The minimum atomic E-state index is -0.908. The van der Waals surface area contributed by atoms with Crippen LogP contribution in [-0.4, -0.2) is 92.9 Å². The number of fused-ring (bicyclic) bond motifs is 1. The van der Waals surface area contributed by atoms with Gasteiger partial charge in [-0.05, 0) is 80.0 Å². The maximum atomic E-state index is 14.5. The van der Waals surface area contributed by atoms with E-state index in [2.05, 4.69) is 20.4 Å². The summed E-state index contributed by atoms with van der Waals surface area (Å²) in [6.45, 7) is 4.88. The van der Waals surface area contributed by atoms with Crippen molar-refractivity contribution in [3.05, 3.63) is 102 Å². The third-order valence-corrected chi connectivity index (χ3v) is 9.36. The molecule has 0 radical (unpaired) electrons. The fraction of sp³-hybridized carbons (Fsp3) is 0.368. The van der Waals surface area contributed by atoms with Gasteiger partial charge < -0.3 is 37.9 Å². The van der Waals surface area contributed by atoms with Crippen LogP contribution in [0.25, 0.3) is 11.0 Å². The van der Waals surface area contributed by atoms with Crippen LogP contribution in [0.2, 0.25) is 0 Å². The number of anilines is 1. The van der Waals surface area contributed by atoms with Crippen molar-refractivity contribution in [1.29, 1.82) is 0 Å². The quantitative estimate of drug-likeness (QED) is 0.140. The van der Waals surface area contributed by atoms with Crippen LogP contribution in [0.3, 0.4) is 0 Å². The zero-order valence-corrected chi connectivity index (χ0v) is 28.9. The first-order chi connectivity index (χ1) is 24.3. The molecule has 10 nitrogen and oxygen atoms in total. The molecule has 1 aliphatic rings. The molecule has 12 heteroatoms. The van der Waals surface area contributed by atoms with Gasteiger partial charge in [-0.2, -0.15) is 0 Å². The lowest BCUT2D eigenvalue weighted by Gasteiger charge is -2.28. The van der Waals surface area contributed by atoms with Gasteiger partial charge in [-0.1, -0.05) is 18.2 Å². The molecule has 264 valence electrons. The molecule has 1 fully saturated rings. The van der Waals surface area contributed by atoms with Crippen molar-refractivity contribution in [2.75, 3.05) is 72.5 Å². The Balaban J connectivity index is 1.17. The van der Waals surface area contributed by atoms with Crippen LogP contribution >= 0.6 is 0 Å². The number of carbonyl (C=O) groups is 1. The monoisotopic (exact) mass is 687 g/mol. The number of amides is 1. The Bertz CT molecular complexity index is 1890. The highest BCUT2D eigenvalue weighted by Gasteiger charge is 2.25. The maximum absolute atomic E-state index is 14.5. The van der Waals surface area contributed by atoms with Gasteiger partial charge in [0.15, 0.2) is 23.1 Å². The molecule has 1 unspecified atom stereocenters. The molecule has 1 aliphatic heterocycles. The zero-order valence-electron chi connectivity index (χ0n) is 28.9. The summed E-state index contributed by atoms with van der Waals surface area (Å²) in [5.74, 6) is 0.574. The molecule has 5 aromatic rings. The van der Waals surface area contributed by atoms with E-state index < -0.39 is 11.6 Å². The first-order valence-electron chi connectivity index (χ1n) is 16.7. The number of likely N-dealkylation sites (N-methyl/N-ethyl adjacent to an activating group) is 1. The van der Waals surface area contributed by atoms with Crippen molar-refractivity contribution >= 4 is 22.9 Å². The van der Waals surface area contributed by atoms with Gasteiger partial charge in [-0.15, -0.1) is 0 Å². The van der Waals surface area contributed by atoms with Crippen molar-refractivity contribution in [1.82, 2.24) is 19.4 Å². The number of methoxy groups -OCH3 is 3. The Morgan fingerprint density at radius 3 is 2.40 bits per heavy atom.